The molecule has 4 fully saturated rings. The van der Waals surface area contributed by atoms with E-state index in [1.54, 1.807) is 7.11 Å². The zero-order valence-electron chi connectivity index (χ0n) is 12.1. The Labute approximate surface area is 111 Å². The summed E-state index contributed by atoms with van der Waals surface area (Å²) >= 11 is 0. The molecule has 0 saturated heterocycles. The van der Waals surface area contributed by atoms with Crippen molar-refractivity contribution in [3.8, 4) is 5.75 Å². The van der Waals surface area contributed by atoms with E-state index in [1.807, 2.05) is 12.1 Å². The van der Waals surface area contributed by atoms with E-state index < -0.39 is 0 Å². The Hall–Kier alpha value is -0.980. The second kappa shape index (κ2) is 3.76. The highest BCUT2D eigenvalue weighted by Gasteiger charge is 2.52. The first-order valence-electron chi connectivity index (χ1n) is 7.84. The van der Waals surface area contributed by atoms with Gasteiger partial charge in [0.05, 0.1) is 8.48 Å². The molecule has 4 aliphatic rings. The van der Waals surface area contributed by atoms with E-state index in [0.717, 1.165) is 23.5 Å². The van der Waals surface area contributed by atoms with Gasteiger partial charge in [-0.15, -0.1) is 0 Å². The van der Waals surface area contributed by atoms with Gasteiger partial charge >= 0.3 is 0 Å². The van der Waals surface area contributed by atoms with Crippen LogP contribution in [0, 0.1) is 17.8 Å². The Kier molecular flexibility index (Phi) is 2.06. The first-order valence-corrected chi connectivity index (χ1v) is 7.34. The van der Waals surface area contributed by atoms with Crippen LogP contribution in [0.25, 0.3) is 0 Å². The lowest BCUT2D eigenvalue weighted by molar-refractivity contribution is -0.00615. The molecule has 4 aliphatic carbocycles. The molecule has 0 amide bonds. The fourth-order valence-electron chi connectivity index (χ4n) is 5.46. The fraction of sp³-hybridized carbons (Fsp3) is 0.647. The minimum Gasteiger partial charge on any atom is -0.496 e. The van der Waals surface area contributed by atoms with Gasteiger partial charge in [-0.2, -0.15) is 0 Å². The number of para-hydroxylation sites is 1. The highest BCUT2D eigenvalue weighted by Crippen LogP contribution is 2.61. The number of hydrogen-bond donors (Lipinski definition) is 0. The Morgan fingerprint density at radius 3 is 2.28 bits per heavy atom. The highest BCUT2D eigenvalue weighted by molar-refractivity contribution is 5.41. The van der Waals surface area contributed by atoms with Crippen molar-refractivity contribution < 1.29 is 6.11 Å². The van der Waals surface area contributed by atoms with Gasteiger partial charge in [0, 0.05) is 5.56 Å². The van der Waals surface area contributed by atoms with E-state index in [2.05, 4.69) is 6.07 Å². The monoisotopic (exact) mass is 243 g/mol. The molecule has 1 aromatic rings. The largest absolute Gasteiger partial charge is 0.496 e. The molecule has 0 radical (unpaired) electrons. The average Bonchev–Trinajstić information content (AvgIpc) is 2.36. The third-order valence-corrected chi connectivity index (χ3v) is 5.66. The minimum absolute atomic E-state index is 0.369. The van der Waals surface area contributed by atoms with Gasteiger partial charge in [0.15, 0.2) is 0 Å². The fourth-order valence-corrected chi connectivity index (χ4v) is 5.46. The van der Waals surface area contributed by atoms with Gasteiger partial charge in [0.25, 0.3) is 0 Å². The van der Waals surface area contributed by atoms with Crippen molar-refractivity contribution in [2.75, 3.05) is 7.11 Å². The summed E-state index contributed by atoms with van der Waals surface area (Å²) < 4.78 is 13.4. The first-order chi connectivity index (χ1) is 9.18. The van der Waals surface area contributed by atoms with Crippen LogP contribution in [-0.2, 0) is 5.41 Å². The molecule has 96 valence electrons. The van der Waals surface area contributed by atoms with E-state index in [9.17, 15) is 0 Å². The molecule has 0 unspecified atom stereocenters. The van der Waals surface area contributed by atoms with Crippen LogP contribution in [0.4, 0.5) is 0 Å². The summed E-state index contributed by atoms with van der Waals surface area (Å²) in [4.78, 5) is 0. The predicted molar refractivity (Wildman–Crippen MR) is 72.8 cm³/mol. The van der Waals surface area contributed by atoms with Crippen molar-refractivity contribution in [3.05, 3.63) is 29.8 Å². The van der Waals surface area contributed by atoms with Crippen molar-refractivity contribution in [2.24, 2.45) is 17.8 Å². The van der Waals surface area contributed by atoms with Gasteiger partial charge < -0.3 is 4.74 Å². The van der Waals surface area contributed by atoms with Gasteiger partial charge in [0.2, 0.25) is 0 Å². The van der Waals surface area contributed by atoms with Crippen LogP contribution in [0.1, 0.15) is 45.5 Å². The molecule has 1 aromatic carbocycles. The van der Waals surface area contributed by atoms with Crippen molar-refractivity contribution in [2.45, 2.75) is 43.9 Å². The van der Waals surface area contributed by atoms with Crippen LogP contribution in [0.3, 0.4) is 0 Å². The lowest BCUT2D eigenvalue weighted by Crippen LogP contribution is -2.48. The van der Waals surface area contributed by atoms with Crippen LogP contribution in [0.5, 0.6) is 5.75 Å². The molecule has 0 N–H and O–H groups in total. The van der Waals surface area contributed by atoms with Crippen molar-refractivity contribution in [1.29, 1.82) is 0 Å². The van der Waals surface area contributed by atoms with Gasteiger partial charge in [-0.3, -0.25) is 0 Å². The summed E-state index contributed by atoms with van der Waals surface area (Å²) in [7, 11) is 1.75. The molecular weight excluding hydrogens is 220 g/mol. The summed E-state index contributed by atoms with van der Waals surface area (Å²) in [6.07, 6.45) is 8.47. The standard InChI is InChI=1S/C17H22O/c1-18-16-5-3-2-4-15(16)17-9-12-6-13(10-17)8-14(7-12)11-17/h2-5,12-14H,6-11H2,1H3/i3D. The van der Waals surface area contributed by atoms with Crippen molar-refractivity contribution in [1.82, 2.24) is 0 Å². The van der Waals surface area contributed by atoms with Gasteiger partial charge in [-0.25, -0.2) is 0 Å². The van der Waals surface area contributed by atoms with E-state index in [0.29, 0.717) is 11.5 Å². The second-order valence-electron chi connectivity index (χ2n) is 6.82. The summed E-state index contributed by atoms with van der Waals surface area (Å²) in [6, 6.07) is 6.57. The second-order valence-corrected chi connectivity index (χ2v) is 6.82. The zero-order valence-corrected chi connectivity index (χ0v) is 11.1. The zero-order chi connectivity index (χ0) is 13.0. The normalized spacial score (nSPS) is 41.8. The van der Waals surface area contributed by atoms with Gasteiger partial charge in [0.1, 0.15) is 5.75 Å². The van der Waals surface area contributed by atoms with Crippen LogP contribution in [-0.4, -0.2) is 7.11 Å². The molecule has 4 bridgehead atoms. The minimum atomic E-state index is 0.369. The molecule has 5 rings (SSSR count). The molecule has 0 aliphatic heterocycles. The van der Waals surface area contributed by atoms with E-state index >= 15 is 0 Å². The number of ether oxygens (including phenoxy) is 1. The van der Waals surface area contributed by atoms with Crippen LogP contribution >= 0.6 is 0 Å². The smallest absolute Gasteiger partial charge is 0.122 e. The quantitative estimate of drug-likeness (QED) is 0.757. The molecule has 1 heteroatoms. The third kappa shape index (κ3) is 1.46. The molecule has 1 nitrogen and oxygen atoms in total. The van der Waals surface area contributed by atoms with Gasteiger partial charge in [-0.05, 0) is 67.8 Å². The number of rotatable bonds is 2. The number of benzene rings is 1. The molecule has 4 saturated carbocycles. The maximum atomic E-state index is 7.79. The Morgan fingerprint density at radius 1 is 1.11 bits per heavy atom. The van der Waals surface area contributed by atoms with E-state index in [4.69, 9.17) is 6.11 Å². The summed E-state index contributed by atoms with van der Waals surface area (Å²) in [5.74, 6) is 3.80. The highest BCUT2D eigenvalue weighted by atomic mass is 16.5. The lowest BCUT2D eigenvalue weighted by atomic mass is 9.48. The molecule has 0 heterocycles. The molecule has 0 spiro atoms. The Bertz CT molecular complexity index is 473. The predicted octanol–water partition coefficient (Wildman–Crippen LogP) is 4.16. The molecule has 18 heavy (non-hydrogen) atoms. The summed E-state index contributed by atoms with van der Waals surface area (Å²) in [5, 5.41) is 0. The molecule has 0 atom stereocenters. The molecule has 0 aromatic heterocycles. The summed E-state index contributed by atoms with van der Waals surface area (Å²) in [6.45, 7) is 0. The third-order valence-electron chi connectivity index (χ3n) is 5.66. The topological polar surface area (TPSA) is 9.23 Å². The van der Waals surface area contributed by atoms with Gasteiger partial charge in [-0.1, -0.05) is 18.2 Å². The van der Waals surface area contributed by atoms with Crippen LogP contribution in [0.15, 0.2) is 24.2 Å². The Morgan fingerprint density at radius 2 is 1.72 bits per heavy atom. The van der Waals surface area contributed by atoms with Crippen molar-refractivity contribution >= 4 is 0 Å². The average molecular weight is 243 g/mol. The lowest BCUT2D eigenvalue weighted by Gasteiger charge is -2.57. The van der Waals surface area contributed by atoms with Crippen molar-refractivity contribution in [3.63, 3.8) is 0 Å². The van der Waals surface area contributed by atoms with Crippen LogP contribution < -0.4 is 4.74 Å². The van der Waals surface area contributed by atoms with E-state index in [1.165, 1.54) is 44.1 Å². The number of hydrogen-bond acceptors (Lipinski definition) is 1. The maximum absolute atomic E-state index is 7.79. The maximum Gasteiger partial charge on any atom is 0.122 e. The number of methoxy groups -OCH3 is 1. The molecular formula is C17H22O. The van der Waals surface area contributed by atoms with E-state index in [-0.39, 0.29) is 0 Å². The first kappa shape index (κ1) is 9.89. The summed E-state index contributed by atoms with van der Waals surface area (Å²) in [5.41, 5.74) is 1.76. The SMILES string of the molecule is [2H]c1ccc(C23CC4CC(CC(C4)C2)C3)c(OC)c1. The van der Waals surface area contributed by atoms with Crippen LogP contribution in [0.2, 0.25) is 0 Å². The Balaban J connectivity index is 1.79.